The molecule has 0 bridgehead atoms. The van der Waals surface area contributed by atoms with Gasteiger partial charge in [-0.25, -0.2) is 14.2 Å². The van der Waals surface area contributed by atoms with E-state index in [0.717, 1.165) is 5.56 Å². The van der Waals surface area contributed by atoms with Gasteiger partial charge in [-0.05, 0) is 42.0 Å². The van der Waals surface area contributed by atoms with Crippen LogP contribution >= 0.6 is 0 Å². The van der Waals surface area contributed by atoms with Gasteiger partial charge in [0.05, 0.1) is 16.8 Å². The second kappa shape index (κ2) is 8.12. The van der Waals surface area contributed by atoms with E-state index in [1.807, 2.05) is 12.1 Å². The van der Waals surface area contributed by atoms with E-state index in [0.29, 0.717) is 28.5 Å². The molecule has 2 aromatic carbocycles. The predicted octanol–water partition coefficient (Wildman–Crippen LogP) is 4.51. The van der Waals surface area contributed by atoms with E-state index in [1.165, 1.54) is 24.3 Å². The molecular weight excluding hydrogens is 389 g/mol. The molecule has 0 aliphatic rings. The Balaban J connectivity index is 1.51. The molecule has 0 saturated heterocycles. The van der Waals surface area contributed by atoms with Crippen molar-refractivity contribution in [1.29, 1.82) is 0 Å². The van der Waals surface area contributed by atoms with Gasteiger partial charge in [-0.2, -0.15) is 4.98 Å². The van der Waals surface area contributed by atoms with E-state index in [1.54, 1.807) is 31.2 Å². The van der Waals surface area contributed by atoms with Crippen molar-refractivity contribution < 1.29 is 23.6 Å². The topological polar surface area (TPSA) is 98.3 Å². The molecule has 7 nitrogen and oxygen atoms in total. The number of rotatable bonds is 6. The second-order valence-electron chi connectivity index (χ2n) is 6.48. The number of aryl methyl sites for hydroxylation is 1. The lowest BCUT2D eigenvalue weighted by Gasteiger charge is -2.05. The average molecular weight is 405 g/mol. The number of pyridine rings is 1. The van der Waals surface area contributed by atoms with Crippen LogP contribution in [-0.4, -0.2) is 26.2 Å². The lowest BCUT2D eigenvalue weighted by atomic mass is 10.1. The van der Waals surface area contributed by atoms with Crippen molar-refractivity contribution in [2.24, 2.45) is 0 Å². The number of ether oxygens (including phenoxy) is 1. The Morgan fingerprint density at radius 3 is 2.63 bits per heavy atom. The van der Waals surface area contributed by atoms with Gasteiger partial charge in [-0.1, -0.05) is 23.4 Å². The number of hydrogen-bond acceptors (Lipinski definition) is 6. The summed E-state index contributed by atoms with van der Waals surface area (Å²) in [5.41, 5.74) is 1.63. The number of aromatic nitrogens is 3. The minimum absolute atomic E-state index is 0.0695. The van der Waals surface area contributed by atoms with E-state index < -0.39 is 11.8 Å². The molecule has 0 atom stereocenters. The first-order valence-corrected chi connectivity index (χ1v) is 9.02. The molecule has 150 valence electrons. The molecular formula is C22H16FN3O4. The van der Waals surface area contributed by atoms with E-state index in [-0.39, 0.29) is 17.7 Å². The third-order valence-electron chi connectivity index (χ3n) is 4.29. The van der Waals surface area contributed by atoms with Gasteiger partial charge in [0.15, 0.2) is 6.61 Å². The highest BCUT2D eigenvalue weighted by Crippen LogP contribution is 2.21. The van der Waals surface area contributed by atoms with Crippen LogP contribution in [0.4, 0.5) is 4.39 Å². The zero-order valence-electron chi connectivity index (χ0n) is 15.9. The van der Waals surface area contributed by atoms with Gasteiger partial charge < -0.3 is 14.4 Å². The lowest BCUT2D eigenvalue weighted by molar-refractivity contribution is 0.0699. The molecule has 4 aromatic rings. The van der Waals surface area contributed by atoms with Gasteiger partial charge in [0.1, 0.15) is 11.6 Å². The number of carboxylic acid groups (broad SMARTS) is 1. The zero-order valence-corrected chi connectivity index (χ0v) is 15.9. The smallest absolute Gasteiger partial charge is 0.336 e. The number of nitrogens with zero attached hydrogens (tertiary/aromatic N) is 3. The summed E-state index contributed by atoms with van der Waals surface area (Å²) < 4.78 is 24.0. The summed E-state index contributed by atoms with van der Waals surface area (Å²) in [5.74, 6) is 0.0118. The Hall–Kier alpha value is -4.07. The maximum absolute atomic E-state index is 13.5. The molecule has 0 unspecified atom stereocenters. The minimum atomic E-state index is -1.10. The van der Waals surface area contributed by atoms with Crippen molar-refractivity contribution in [3.8, 4) is 5.75 Å². The number of carbonyl (C=O) groups is 1. The maximum atomic E-state index is 13.5. The predicted molar refractivity (Wildman–Crippen MR) is 107 cm³/mol. The summed E-state index contributed by atoms with van der Waals surface area (Å²) in [5, 5.41) is 13.6. The van der Waals surface area contributed by atoms with Crippen LogP contribution in [0.25, 0.3) is 23.1 Å². The SMILES string of the molecule is Cc1nc(COc2ccc(/C=C/c3cc(C(=O)O)c4ccc(F)cc4n3)cc2)no1. The fourth-order valence-corrected chi connectivity index (χ4v) is 2.89. The van der Waals surface area contributed by atoms with Crippen molar-refractivity contribution in [2.75, 3.05) is 0 Å². The monoisotopic (exact) mass is 405 g/mol. The number of halogens is 1. The van der Waals surface area contributed by atoms with E-state index in [4.69, 9.17) is 9.26 Å². The minimum Gasteiger partial charge on any atom is -0.485 e. The molecule has 0 aliphatic heterocycles. The number of aromatic carboxylic acids is 1. The van der Waals surface area contributed by atoms with Crippen LogP contribution in [0.5, 0.6) is 5.75 Å². The second-order valence-corrected chi connectivity index (χ2v) is 6.48. The Morgan fingerprint density at radius 2 is 1.93 bits per heavy atom. The van der Waals surface area contributed by atoms with Gasteiger partial charge in [-0.15, -0.1) is 0 Å². The normalized spacial score (nSPS) is 11.3. The zero-order chi connectivity index (χ0) is 21.1. The van der Waals surface area contributed by atoms with Crippen LogP contribution in [0.15, 0.2) is 53.1 Å². The highest BCUT2D eigenvalue weighted by Gasteiger charge is 2.11. The molecule has 0 saturated carbocycles. The summed E-state index contributed by atoms with van der Waals surface area (Å²) >= 11 is 0. The number of hydrogen-bond donors (Lipinski definition) is 1. The van der Waals surface area contributed by atoms with Crippen LogP contribution in [0.2, 0.25) is 0 Å². The van der Waals surface area contributed by atoms with Crippen molar-refractivity contribution in [2.45, 2.75) is 13.5 Å². The van der Waals surface area contributed by atoms with E-state index >= 15 is 0 Å². The Bertz CT molecular complexity index is 1250. The Kier molecular flexibility index (Phi) is 5.21. The van der Waals surface area contributed by atoms with Crippen LogP contribution in [0.3, 0.4) is 0 Å². The third kappa shape index (κ3) is 4.33. The average Bonchev–Trinajstić information content (AvgIpc) is 3.15. The summed E-state index contributed by atoms with van der Waals surface area (Å²) in [7, 11) is 0. The molecule has 2 aromatic heterocycles. The van der Waals surface area contributed by atoms with Crippen LogP contribution in [-0.2, 0) is 6.61 Å². The van der Waals surface area contributed by atoms with Crippen molar-refractivity contribution >= 4 is 29.0 Å². The number of fused-ring (bicyclic) bond motifs is 1. The molecule has 2 heterocycles. The van der Waals surface area contributed by atoms with Gasteiger partial charge in [0.25, 0.3) is 0 Å². The summed E-state index contributed by atoms with van der Waals surface area (Å²) in [4.78, 5) is 20.0. The first-order valence-electron chi connectivity index (χ1n) is 9.02. The number of carboxylic acids is 1. The molecule has 8 heteroatoms. The summed E-state index contributed by atoms with van der Waals surface area (Å²) in [6, 6.07) is 12.6. The van der Waals surface area contributed by atoms with E-state index in [2.05, 4.69) is 15.1 Å². The Morgan fingerprint density at radius 1 is 1.13 bits per heavy atom. The van der Waals surface area contributed by atoms with Gasteiger partial charge in [0, 0.05) is 18.4 Å². The molecule has 0 spiro atoms. The van der Waals surface area contributed by atoms with Crippen molar-refractivity contribution in [3.63, 3.8) is 0 Å². The first-order chi connectivity index (χ1) is 14.5. The van der Waals surface area contributed by atoms with Gasteiger partial charge in [-0.3, -0.25) is 0 Å². The van der Waals surface area contributed by atoms with Crippen LogP contribution in [0.1, 0.15) is 33.3 Å². The summed E-state index contributed by atoms with van der Waals surface area (Å²) in [6.45, 7) is 1.90. The summed E-state index contributed by atoms with van der Waals surface area (Å²) in [6.07, 6.45) is 3.46. The van der Waals surface area contributed by atoms with Crippen molar-refractivity contribution in [3.05, 3.63) is 82.9 Å². The molecule has 0 fully saturated rings. The van der Waals surface area contributed by atoms with Crippen molar-refractivity contribution in [1.82, 2.24) is 15.1 Å². The fraction of sp³-hybridized carbons (Fsp3) is 0.0909. The standard InChI is InChI=1S/C22H16FN3O4/c1-13-24-21(26-30-13)12-29-17-7-3-14(4-8-17)2-6-16-11-19(22(27)28)18-9-5-15(23)10-20(18)25-16/h2-11H,12H2,1H3,(H,27,28)/b6-2+. The quantitative estimate of drug-likeness (QED) is 0.504. The Labute approximate surface area is 170 Å². The van der Waals surface area contributed by atoms with Gasteiger partial charge in [0.2, 0.25) is 11.7 Å². The maximum Gasteiger partial charge on any atom is 0.336 e. The molecule has 1 N–H and O–H groups in total. The highest BCUT2D eigenvalue weighted by molar-refractivity contribution is 6.03. The molecule has 0 aliphatic carbocycles. The van der Waals surface area contributed by atoms with Crippen LogP contribution in [0, 0.1) is 12.7 Å². The fourth-order valence-electron chi connectivity index (χ4n) is 2.89. The van der Waals surface area contributed by atoms with Gasteiger partial charge >= 0.3 is 5.97 Å². The third-order valence-corrected chi connectivity index (χ3v) is 4.29. The molecule has 4 rings (SSSR count). The largest absolute Gasteiger partial charge is 0.485 e. The molecule has 30 heavy (non-hydrogen) atoms. The first kappa shape index (κ1) is 19.3. The highest BCUT2D eigenvalue weighted by atomic mass is 19.1. The molecule has 0 amide bonds. The lowest BCUT2D eigenvalue weighted by Crippen LogP contribution is -2.00. The van der Waals surface area contributed by atoms with E-state index in [9.17, 15) is 14.3 Å². The number of benzene rings is 2. The van der Waals surface area contributed by atoms with Crippen LogP contribution < -0.4 is 4.74 Å². The molecule has 0 radical (unpaired) electrons.